The van der Waals surface area contributed by atoms with Gasteiger partial charge in [-0.25, -0.2) is 9.78 Å². The van der Waals surface area contributed by atoms with Crippen molar-refractivity contribution in [1.82, 2.24) is 15.6 Å². The highest BCUT2D eigenvalue weighted by atomic mass is 16.3. The summed E-state index contributed by atoms with van der Waals surface area (Å²) >= 11 is 0. The summed E-state index contributed by atoms with van der Waals surface area (Å²) in [6, 6.07) is 5.80. The van der Waals surface area contributed by atoms with Crippen molar-refractivity contribution in [2.24, 2.45) is 11.3 Å². The molecule has 0 spiro atoms. The lowest BCUT2D eigenvalue weighted by Crippen LogP contribution is -2.49. The van der Waals surface area contributed by atoms with Gasteiger partial charge in [0.2, 0.25) is 0 Å². The van der Waals surface area contributed by atoms with E-state index < -0.39 is 6.10 Å². The van der Waals surface area contributed by atoms with Crippen LogP contribution in [-0.2, 0) is 0 Å². The number of nitrogens with one attached hydrogen (secondary N) is 2. The number of rotatable bonds is 6. The van der Waals surface area contributed by atoms with Crippen LogP contribution in [0.2, 0.25) is 0 Å². The molecule has 2 heterocycles. The summed E-state index contributed by atoms with van der Waals surface area (Å²) in [5, 5.41) is 16.1. The molecule has 1 aromatic heterocycles. The predicted molar refractivity (Wildman–Crippen MR) is 96.0 cm³/mol. The second-order valence-electron chi connectivity index (χ2n) is 7.62. The lowest BCUT2D eigenvalue weighted by atomic mass is 9.81. The Bertz CT molecular complexity index is 533. The Morgan fingerprint density at radius 2 is 2.21 bits per heavy atom. The number of carbonyl (C=O) groups excluding carboxylic acids is 1. The molecule has 0 aromatic carbocycles. The highest BCUT2D eigenvalue weighted by Gasteiger charge is 2.31. The van der Waals surface area contributed by atoms with Gasteiger partial charge in [0.05, 0.1) is 6.10 Å². The molecule has 2 unspecified atom stereocenters. The number of carbonyl (C=O) groups is 1. The van der Waals surface area contributed by atoms with E-state index >= 15 is 0 Å². The first-order valence-corrected chi connectivity index (χ1v) is 8.68. The van der Waals surface area contributed by atoms with E-state index in [2.05, 4.69) is 20.5 Å². The van der Waals surface area contributed by atoms with Gasteiger partial charge in [-0.15, -0.1) is 0 Å². The van der Waals surface area contributed by atoms with Crippen molar-refractivity contribution < 1.29 is 9.90 Å². The molecule has 0 aliphatic carbocycles. The lowest BCUT2D eigenvalue weighted by Gasteiger charge is -2.33. The van der Waals surface area contributed by atoms with Crippen LogP contribution in [0.5, 0.6) is 0 Å². The van der Waals surface area contributed by atoms with Crippen LogP contribution in [0.15, 0.2) is 24.4 Å². The van der Waals surface area contributed by atoms with Crippen LogP contribution < -0.4 is 15.5 Å². The minimum Gasteiger partial charge on any atom is -0.392 e. The third-order valence-corrected chi connectivity index (χ3v) is 4.63. The number of anilines is 1. The largest absolute Gasteiger partial charge is 0.392 e. The zero-order chi connectivity index (χ0) is 17.7. The maximum Gasteiger partial charge on any atom is 0.315 e. The minimum absolute atomic E-state index is 0.116. The normalized spacial score (nSPS) is 19.4. The Hall–Kier alpha value is -1.82. The van der Waals surface area contributed by atoms with Crippen LogP contribution in [-0.4, -0.2) is 47.9 Å². The van der Waals surface area contributed by atoms with E-state index in [1.165, 1.54) is 0 Å². The van der Waals surface area contributed by atoms with Crippen molar-refractivity contribution >= 4 is 11.8 Å². The number of aliphatic hydroxyl groups excluding tert-OH is 1. The van der Waals surface area contributed by atoms with E-state index in [9.17, 15) is 9.90 Å². The second-order valence-corrected chi connectivity index (χ2v) is 7.62. The molecule has 1 saturated heterocycles. The maximum atomic E-state index is 12.1. The van der Waals surface area contributed by atoms with Crippen LogP contribution >= 0.6 is 0 Å². The standard InChI is InChI=1S/C18H30N4O2/c1-13(2)16(23)18(3,4)12-20-17(24)21-14-8-10-22(11-14)15-7-5-6-9-19-15/h5-7,9,13-14,16,23H,8,10-12H2,1-4H3,(H2,20,21,24). The zero-order valence-electron chi connectivity index (χ0n) is 15.1. The quantitative estimate of drug-likeness (QED) is 0.744. The van der Waals surface area contributed by atoms with Gasteiger partial charge in [-0.05, 0) is 24.5 Å². The predicted octanol–water partition coefficient (Wildman–Crippen LogP) is 2.00. The second kappa shape index (κ2) is 7.83. The van der Waals surface area contributed by atoms with Crippen molar-refractivity contribution in [1.29, 1.82) is 0 Å². The molecule has 1 fully saturated rings. The van der Waals surface area contributed by atoms with Crippen molar-refractivity contribution in [3.05, 3.63) is 24.4 Å². The number of aromatic nitrogens is 1. The summed E-state index contributed by atoms with van der Waals surface area (Å²) in [6.07, 6.45) is 2.23. The van der Waals surface area contributed by atoms with Crippen LogP contribution in [0.4, 0.5) is 10.6 Å². The van der Waals surface area contributed by atoms with E-state index in [1.807, 2.05) is 45.9 Å². The van der Waals surface area contributed by atoms with Crippen molar-refractivity contribution in [3.8, 4) is 0 Å². The number of pyridine rings is 1. The summed E-state index contributed by atoms with van der Waals surface area (Å²) in [4.78, 5) is 18.7. The molecule has 0 saturated carbocycles. The van der Waals surface area contributed by atoms with Crippen LogP contribution in [0.1, 0.15) is 34.1 Å². The molecule has 3 N–H and O–H groups in total. The van der Waals surface area contributed by atoms with Gasteiger partial charge in [-0.2, -0.15) is 0 Å². The SMILES string of the molecule is CC(C)C(O)C(C)(C)CNC(=O)NC1CCN(c2ccccn2)C1. The molecular weight excluding hydrogens is 304 g/mol. The summed E-state index contributed by atoms with van der Waals surface area (Å²) in [6.45, 7) is 10.00. The van der Waals surface area contributed by atoms with Crippen LogP contribution in [0.3, 0.4) is 0 Å². The molecule has 2 atom stereocenters. The number of hydrogen-bond donors (Lipinski definition) is 3. The van der Waals surface area contributed by atoms with E-state index in [4.69, 9.17) is 0 Å². The Labute approximate surface area is 144 Å². The fourth-order valence-corrected chi connectivity index (χ4v) is 3.18. The van der Waals surface area contributed by atoms with Crippen molar-refractivity contribution in [3.63, 3.8) is 0 Å². The minimum atomic E-state index is -0.455. The molecular formula is C18H30N4O2. The number of nitrogens with zero attached hydrogens (tertiary/aromatic N) is 2. The molecule has 0 radical (unpaired) electrons. The Morgan fingerprint density at radius 3 is 2.83 bits per heavy atom. The number of hydrogen-bond acceptors (Lipinski definition) is 4. The third kappa shape index (κ3) is 4.84. The molecule has 24 heavy (non-hydrogen) atoms. The topological polar surface area (TPSA) is 77.5 Å². The highest BCUT2D eigenvalue weighted by Crippen LogP contribution is 2.25. The average molecular weight is 334 g/mol. The number of urea groups is 1. The molecule has 1 aliphatic heterocycles. The first-order chi connectivity index (χ1) is 11.3. The molecule has 134 valence electrons. The van der Waals surface area contributed by atoms with Gasteiger partial charge < -0.3 is 20.6 Å². The van der Waals surface area contributed by atoms with Gasteiger partial charge in [-0.1, -0.05) is 33.8 Å². The van der Waals surface area contributed by atoms with Gasteiger partial charge in [0, 0.05) is 37.3 Å². The van der Waals surface area contributed by atoms with E-state index in [0.717, 1.165) is 25.3 Å². The summed E-state index contributed by atoms with van der Waals surface area (Å²) in [7, 11) is 0. The third-order valence-electron chi connectivity index (χ3n) is 4.63. The molecule has 6 heteroatoms. The lowest BCUT2D eigenvalue weighted by molar-refractivity contribution is 0.0151. The molecule has 1 aliphatic rings. The molecule has 2 amide bonds. The van der Waals surface area contributed by atoms with Crippen molar-refractivity contribution in [2.75, 3.05) is 24.5 Å². The molecule has 1 aromatic rings. The van der Waals surface area contributed by atoms with Gasteiger partial charge in [0.15, 0.2) is 0 Å². The maximum absolute atomic E-state index is 12.1. The Kier molecular flexibility index (Phi) is 6.04. The van der Waals surface area contributed by atoms with Gasteiger partial charge in [0.25, 0.3) is 0 Å². The average Bonchev–Trinajstić information content (AvgIpc) is 3.01. The Balaban J connectivity index is 1.77. The summed E-state index contributed by atoms with van der Waals surface area (Å²) in [5.41, 5.74) is -0.360. The molecule has 6 nitrogen and oxygen atoms in total. The van der Waals surface area contributed by atoms with Crippen LogP contribution in [0, 0.1) is 11.3 Å². The van der Waals surface area contributed by atoms with E-state index in [-0.39, 0.29) is 23.4 Å². The van der Waals surface area contributed by atoms with Gasteiger partial charge in [0.1, 0.15) is 5.82 Å². The highest BCUT2D eigenvalue weighted by molar-refractivity contribution is 5.74. The Morgan fingerprint density at radius 1 is 1.46 bits per heavy atom. The number of amides is 2. The van der Waals surface area contributed by atoms with E-state index in [1.54, 1.807) is 6.20 Å². The zero-order valence-corrected chi connectivity index (χ0v) is 15.1. The van der Waals surface area contributed by atoms with Gasteiger partial charge >= 0.3 is 6.03 Å². The molecule has 2 rings (SSSR count). The first-order valence-electron chi connectivity index (χ1n) is 8.68. The van der Waals surface area contributed by atoms with Crippen LogP contribution in [0.25, 0.3) is 0 Å². The fourth-order valence-electron chi connectivity index (χ4n) is 3.18. The summed E-state index contributed by atoms with van der Waals surface area (Å²) < 4.78 is 0. The summed E-state index contributed by atoms with van der Waals surface area (Å²) in [5.74, 6) is 1.11. The smallest absolute Gasteiger partial charge is 0.315 e. The fraction of sp³-hybridized carbons (Fsp3) is 0.667. The molecule has 0 bridgehead atoms. The monoisotopic (exact) mass is 334 g/mol. The first kappa shape index (κ1) is 18.5. The van der Waals surface area contributed by atoms with Gasteiger partial charge in [-0.3, -0.25) is 0 Å². The number of aliphatic hydroxyl groups is 1. The van der Waals surface area contributed by atoms with Crippen molar-refractivity contribution in [2.45, 2.75) is 46.3 Å². The van der Waals surface area contributed by atoms with E-state index in [0.29, 0.717) is 6.54 Å².